The summed E-state index contributed by atoms with van der Waals surface area (Å²) in [6, 6.07) is 4.35. The van der Waals surface area contributed by atoms with Gasteiger partial charge in [0.2, 0.25) is 5.65 Å². The van der Waals surface area contributed by atoms with Crippen molar-refractivity contribution >= 4 is 23.0 Å². The minimum absolute atomic E-state index is 0.197. The van der Waals surface area contributed by atoms with Crippen LogP contribution in [0.2, 0.25) is 0 Å². The Morgan fingerprint density at radius 3 is 2.59 bits per heavy atom. The van der Waals surface area contributed by atoms with E-state index in [0.717, 1.165) is 30.2 Å². The average Bonchev–Trinajstić information content (AvgIpc) is 3.10. The van der Waals surface area contributed by atoms with Crippen molar-refractivity contribution in [2.75, 3.05) is 17.7 Å². The van der Waals surface area contributed by atoms with Crippen molar-refractivity contribution < 1.29 is 4.74 Å². The fraction of sp³-hybridized carbons (Fsp3) is 0.500. The molecule has 0 aliphatic heterocycles. The minimum Gasteiger partial charge on any atom is -0.467 e. The van der Waals surface area contributed by atoms with Crippen LogP contribution >= 0.6 is 0 Å². The maximum Gasteiger partial charge on any atom is 0.318 e. The normalized spacial score (nSPS) is 11.4. The highest BCUT2D eigenvalue weighted by atomic mass is 16.5. The van der Waals surface area contributed by atoms with E-state index in [1.807, 2.05) is 6.07 Å². The molecule has 0 atom stereocenters. The van der Waals surface area contributed by atoms with Crippen molar-refractivity contribution in [3.8, 4) is 6.01 Å². The van der Waals surface area contributed by atoms with Gasteiger partial charge in [-0.15, -0.1) is 15.3 Å². The molecule has 0 spiro atoms. The molecule has 0 amide bonds. The number of ether oxygens (including phenoxy) is 1. The molecule has 0 saturated heterocycles. The molecule has 0 fully saturated rings. The van der Waals surface area contributed by atoms with E-state index in [9.17, 15) is 0 Å². The molecule has 3 aromatic rings. The predicted octanol–water partition coefficient (Wildman–Crippen LogP) is 3.39. The zero-order valence-corrected chi connectivity index (χ0v) is 16.4. The summed E-state index contributed by atoms with van der Waals surface area (Å²) in [5, 5.41) is 20.1. The molecule has 0 bridgehead atoms. The van der Waals surface area contributed by atoms with Crippen molar-refractivity contribution in [2.24, 2.45) is 0 Å². The van der Waals surface area contributed by atoms with Gasteiger partial charge < -0.3 is 15.4 Å². The summed E-state index contributed by atoms with van der Waals surface area (Å²) in [6.07, 6.45) is 3.67. The van der Waals surface area contributed by atoms with E-state index in [2.05, 4.69) is 58.5 Å². The van der Waals surface area contributed by atoms with Crippen LogP contribution in [0.5, 0.6) is 6.01 Å². The molecule has 0 saturated carbocycles. The van der Waals surface area contributed by atoms with Crippen molar-refractivity contribution in [1.82, 2.24) is 29.8 Å². The lowest BCUT2D eigenvalue weighted by Gasteiger charge is -2.17. The van der Waals surface area contributed by atoms with Gasteiger partial charge in [0.05, 0.1) is 12.8 Å². The van der Waals surface area contributed by atoms with Crippen LogP contribution in [-0.4, -0.2) is 42.9 Å². The first kappa shape index (κ1) is 18.8. The topological polar surface area (TPSA) is 102 Å². The lowest BCUT2D eigenvalue weighted by atomic mass is 10.2. The van der Waals surface area contributed by atoms with E-state index in [1.54, 1.807) is 16.8 Å². The van der Waals surface area contributed by atoms with Crippen molar-refractivity contribution in [2.45, 2.75) is 52.5 Å². The number of nitrogens with one attached hydrogen (secondary N) is 2. The molecule has 2 N–H and O–H groups in total. The number of nitrogens with zero attached hydrogens (tertiary/aromatic N) is 6. The second-order valence-corrected chi connectivity index (χ2v) is 6.60. The summed E-state index contributed by atoms with van der Waals surface area (Å²) < 4.78 is 6.89. The zero-order valence-electron chi connectivity index (χ0n) is 16.4. The van der Waals surface area contributed by atoms with Gasteiger partial charge in [0.15, 0.2) is 5.82 Å². The van der Waals surface area contributed by atoms with Crippen LogP contribution in [-0.2, 0) is 0 Å². The predicted molar refractivity (Wildman–Crippen MR) is 105 cm³/mol. The van der Waals surface area contributed by atoms with Gasteiger partial charge in [0.1, 0.15) is 11.6 Å². The SMILES string of the molecule is CCC(CC)Nc1cc(Nc2ccnc(OC)n2)c2nnc(C(C)C)n2n1. The fourth-order valence-corrected chi connectivity index (χ4v) is 2.77. The number of aromatic nitrogens is 6. The van der Waals surface area contributed by atoms with E-state index >= 15 is 0 Å². The van der Waals surface area contributed by atoms with Crippen molar-refractivity contribution in [3.05, 3.63) is 24.2 Å². The third kappa shape index (κ3) is 4.07. The number of anilines is 3. The molecule has 27 heavy (non-hydrogen) atoms. The molecular formula is C18H26N8O. The summed E-state index contributed by atoms with van der Waals surface area (Å²) in [6.45, 7) is 8.46. The highest BCUT2D eigenvalue weighted by Crippen LogP contribution is 2.25. The van der Waals surface area contributed by atoms with E-state index < -0.39 is 0 Å². The Hall–Kier alpha value is -2.97. The molecule has 0 aliphatic rings. The molecule has 0 unspecified atom stereocenters. The Morgan fingerprint density at radius 2 is 1.93 bits per heavy atom. The van der Waals surface area contributed by atoms with Gasteiger partial charge in [-0.1, -0.05) is 27.7 Å². The molecular weight excluding hydrogens is 344 g/mol. The number of hydrogen-bond donors (Lipinski definition) is 2. The van der Waals surface area contributed by atoms with Crippen LogP contribution < -0.4 is 15.4 Å². The summed E-state index contributed by atoms with van der Waals surface area (Å²) in [5.74, 6) is 2.38. The van der Waals surface area contributed by atoms with Crippen LogP contribution in [0.3, 0.4) is 0 Å². The molecule has 9 nitrogen and oxygen atoms in total. The average molecular weight is 370 g/mol. The molecule has 0 aliphatic carbocycles. The summed E-state index contributed by atoms with van der Waals surface area (Å²) in [4.78, 5) is 8.35. The van der Waals surface area contributed by atoms with Crippen molar-refractivity contribution in [1.29, 1.82) is 0 Å². The van der Waals surface area contributed by atoms with Crippen LogP contribution in [0.15, 0.2) is 18.3 Å². The first-order valence-corrected chi connectivity index (χ1v) is 9.22. The van der Waals surface area contributed by atoms with Crippen LogP contribution in [0.4, 0.5) is 17.3 Å². The third-order valence-corrected chi connectivity index (χ3v) is 4.33. The lowest BCUT2D eigenvalue weighted by Crippen LogP contribution is -2.19. The summed E-state index contributed by atoms with van der Waals surface area (Å²) in [7, 11) is 1.54. The van der Waals surface area contributed by atoms with Gasteiger partial charge in [-0.2, -0.15) is 9.50 Å². The van der Waals surface area contributed by atoms with Gasteiger partial charge in [-0.05, 0) is 18.9 Å². The highest BCUT2D eigenvalue weighted by molar-refractivity contribution is 5.74. The van der Waals surface area contributed by atoms with E-state index in [1.165, 1.54) is 7.11 Å². The van der Waals surface area contributed by atoms with Crippen LogP contribution in [0, 0.1) is 0 Å². The molecule has 3 aromatic heterocycles. The molecule has 0 aromatic carbocycles. The number of fused-ring (bicyclic) bond motifs is 1. The maximum absolute atomic E-state index is 5.10. The zero-order chi connectivity index (χ0) is 19.4. The van der Waals surface area contributed by atoms with Gasteiger partial charge in [0, 0.05) is 24.2 Å². The highest BCUT2D eigenvalue weighted by Gasteiger charge is 2.17. The fourth-order valence-electron chi connectivity index (χ4n) is 2.77. The number of methoxy groups -OCH3 is 1. The Kier molecular flexibility index (Phi) is 5.68. The Labute approximate surface area is 158 Å². The summed E-state index contributed by atoms with van der Waals surface area (Å²) in [5.41, 5.74) is 1.41. The second-order valence-electron chi connectivity index (χ2n) is 6.60. The molecule has 3 rings (SSSR count). The van der Waals surface area contributed by atoms with E-state index in [4.69, 9.17) is 9.84 Å². The maximum atomic E-state index is 5.10. The Bertz CT molecular complexity index is 904. The Morgan fingerprint density at radius 1 is 1.15 bits per heavy atom. The molecule has 144 valence electrons. The van der Waals surface area contributed by atoms with Crippen LogP contribution in [0.25, 0.3) is 5.65 Å². The van der Waals surface area contributed by atoms with Gasteiger partial charge >= 0.3 is 6.01 Å². The summed E-state index contributed by atoms with van der Waals surface area (Å²) >= 11 is 0. The molecule has 9 heteroatoms. The first-order chi connectivity index (χ1) is 13.0. The lowest BCUT2D eigenvalue weighted by molar-refractivity contribution is 0.380. The smallest absolute Gasteiger partial charge is 0.318 e. The Balaban J connectivity index is 2.05. The van der Waals surface area contributed by atoms with E-state index in [0.29, 0.717) is 23.5 Å². The minimum atomic E-state index is 0.197. The van der Waals surface area contributed by atoms with E-state index in [-0.39, 0.29) is 5.92 Å². The number of hydrogen-bond acceptors (Lipinski definition) is 8. The van der Waals surface area contributed by atoms with Gasteiger partial charge in [-0.3, -0.25) is 0 Å². The van der Waals surface area contributed by atoms with Gasteiger partial charge in [-0.25, -0.2) is 4.98 Å². The standard InChI is InChI=1S/C18H26N8O/c1-6-12(7-2)20-15-10-13(21-14-8-9-19-18(22-14)27-5)17-24-23-16(11(3)4)26(17)25-15/h8-12H,6-7H2,1-5H3,(H,20,25)(H,19,21,22). The largest absolute Gasteiger partial charge is 0.467 e. The van der Waals surface area contributed by atoms with Crippen molar-refractivity contribution in [3.63, 3.8) is 0 Å². The monoisotopic (exact) mass is 370 g/mol. The number of rotatable bonds is 8. The van der Waals surface area contributed by atoms with Crippen LogP contribution in [0.1, 0.15) is 52.3 Å². The quantitative estimate of drug-likeness (QED) is 0.622. The molecule has 0 radical (unpaired) electrons. The third-order valence-electron chi connectivity index (χ3n) is 4.33. The van der Waals surface area contributed by atoms with Gasteiger partial charge in [0.25, 0.3) is 0 Å². The molecule has 3 heterocycles. The first-order valence-electron chi connectivity index (χ1n) is 9.22. The second kappa shape index (κ2) is 8.15.